The van der Waals surface area contributed by atoms with Crippen molar-refractivity contribution in [3.05, 3.63) is 23.8 Å². The minimum Gasteiger partial charge on any atom is -0.423 e. The molecule has 0 spiro atoms. The van der Waals surface area contributed by atoms with E-state index < -0.39 is 13.5 Å². The Bertz CT molecular complexity index is 421. The number of benzene rings is 1. The molecule has 0 saturated heterocycles. The standard InChI is InChI=1S/C12H16BF3O3/c1-3-8(2)6-9-7-10(19-12(14,15)16)4-5-11(9)13(17)18/h4-5,7-8,17-18H,3,6H2,1-2H3. The molecule has 1 atom stereocenters. The van der Waals surface area contributed by atoms with Gasteiger partial charge in [-0.05, 0) is 35.5 Å². The molecule has 0 heterocycles. The second-order valence-electron chi connectivity index (χ2n) is 4.50. The van der Waals surface area contributed by atoms with E-state index in [-0.39, 0.29) is 17.1 Å². The largest absolute Gasteiger partial charge is 0.573 e. The Morgan fingerprint density at radius 2 is 1.95 bits per heavy atom. The third kappa shape index (κ3) is 5.12. The van der Waals surface area contributed by atoms with Crippen LogP contribution in [0.4, 0.5) is 13.2 Å². The number of hydrogen-bond acceptors (Lipinski definition) is 3. The molecule has 0 aliphatic carbocycles. The molecule has 0 aliphatic heterocycles. The summed E-state index contributed by atoms with van der Waals surface area (Å²) >= 11 is 0. The molecule has 0 aromatic heterocycles. The highest BCUT2D eigenvalue weighted by Crippen LogP contribution is 2.24. The lowest BCUT2D eigenvalue weighted by Crippen LogP contribution is -2.33. The first-order valence-corrected chi connectivity index (χ1v) is 5.97. The Labute approximate surface area is 110 Å². The van der Waals surface area contributed by atoms with E-state index in [0.29, 0.717) is 12.0 Å². The molecule has 19 heavy (non-hydrogen) atoms. The van der Waals surface area contributed by atoms with Gasteiger partial charge in [-0.2, -0.15) is 0 Å². The molecule has 0 saturated carbocycles. The van der Waals surface area contributed by atoms with E-state index in [9.17, 15) is 23.2 Å². The zero-order chi connectivity index (χ0) is 14.6. The van der Waals surface area contributed by atoms with Crippen LogP contribution in [0.25, 0.3) is 0 Å². The Morgan fingerprint density at radius 3 is 2.42 bits per heavy atom. The fraction of sp³-hybridized carbons (Fsp3) is 0.500. The number of halogens is 3. The van der Waals surface area contributed by atoms with Gasteiger partial charge in [-0.3, -0.25) is 0 Å². The van der Waals surface area contributed by atoms with E-state index in [1.54, 1.807) is 0 Å². The number of ether oxygens (including phenoxy) is 1. The number of alkyl halides is 3. The van der Waals surface area contributed by atoms with Gasteiger partial charge in [0.25, 0.3) is 0 Å². The predicted molar refractivity (Wildman–Crippen MR) is 66.1 cm³/mol. The quantitative estimate of drug-likeness (QED) is 0.807. The Morgan fingerprint density at radius 1 is 1.32 bits per heavy atom. The molecule has 0 fully saturated rings. The summed E-state index contributed by atoms with van der Waals surface area (Å²) in [5.74, 6) is -0.131. The first kappa shape index (κ1) is 15.9. The first-order valence-electron chi connectivity index (χ1n) is 5.97. The summed E-state index contributed by atoms with van der Waals surface area (Å²) in [6.45, 7) is 3.89. The monoisotopic (exact) mass is 276 g/mol. The van der Waals surface area contributed by atoms with Gasteiger partial charge in [0.15, 0.2) is 0 Å². The van der Waals surface area contributed by atoms with Crippen molar-refractivity contribution in [2.45, 2.75) is 33.1 Å². The van der Waals surface area contributed by atoms with Gasteiger partial charge in [0, 0.05) is 0 Å². The second-order valence-corrected chi connectivity index (χ2v) is 4.50. The summed E-state index contributed by atoms with van der Waals surface area (Å²) in [6, 6.07) is 3.51. The fourth-order valence-electron chi connectivity index (χ4n) is 1.73. The molecule has 1 aromatic rings. The zero-order valence-electron chi connectivity index (χ0n) is 10.7. The summed E-state index contributed by atoms with van der Waals surface area (Å²) in [4.78, 5) is 0. The maximum atomic E-state index is 12.1. The van der Waals surface area contributed by atoms with Crippen LogP contribution in [0.1, 0.15) is 25.8 Å². The maximum absolute atomic E-state index is 12.1. The van der Waals surface area contributed by atoms with Gasteiger partial charge < -0.3 is 14.8 Å². The normalized spacial score (nSPS) is 13.2. The highest BCUT2D eigenvalue weighted by Gasteiger charge is 2.31. The van der Waals surface area contributed by atoms with Gasteiger partial charge >= 0.3 is 13.5 Å². The van der Waals surface area contributed by atoms with Gasteiger partial charge in [0.1, 0.15) is 5.75 Å². The van der Waals surface area contributed by atoms with Gasteiger partial charge in [-0.25, -0.2) is 0 Å². The highest BCUT2D eigenvalue weighted by molar-refractivity contribution is 6.59. The summed E-state index contributed by atoms with van der Waals surface area (Å²) in [6.07, 6.45) is -3.46. The third-order valence-electron chi connectivity index (χ3n) is 2.89. The molecule has 0 amide bonds. The van der Waals surface area contributed by atoms with Crippen molar-refractivity contribution in [2.24, 2.45) is 5.92 Å². The summed E-state index contributed by atoms with van der Waals surface area (Å²) in [5.41, 5.74) is 0.654. The predicted octanol–water partition coefficient (Wildman–Crippen LogP) is 1.85. The minimum absolute atomic E-state index is 0.204. The van der Waals surface area contributed by atoms with Gasteiger partial charge in [0.05, 0.1) is 0 Å². The topological polar surface area (TPSA) is 49.7 Å². The van der Waals surface area contributed by atoms with E-state index in [1.165, 1.54) is 12.1 Å². The molecule has 3 nitrogen and oxygen atoms in total. The van der Waals surface area contributed by atoms with Gasteiger partial charge in [0.2, 0.25) is 0 Å². The molecule has 0 radical (unpaired) electrons. The van der Waals surface area contributed by atoms with Gasteiger partial charge in [-0.15, -0.1) is 13.2 Å². The lowest BCUT2D eigenvalue weighted by atomic mass is 9.75. The van der Waals surface area contributed by atoms with Crippen LogP contribution in [-0.2, 0) is 6.42 Å². The average molecular weight is 276 g/mol. The van der Waals surface area contributed by atoms with E-state index in [1.807, 2.05) is 13.8 Å². The van der Waals surface area contributed by atoms with Crippen LogP contribution >= 0.6 is 0 Å². The highest BCUT2D eigenvalue weighted by atomic mass is 19.4. The van der Waals surface area contributed by atoms with E-state index in [4.69, 9.17) is 0 Å². The van der Waals surface area contributed by atoms with Crippen LogP contribution in [-0.4, -0.2) is 23.5 Å². The molecule has 1 aromatic carbocycles. The molecule has 2 N–H and O–H groups in total. The van der Waals surface area contributed by atoms with Crippen LogP contribution in [0.15, 0.2) is 18.2 Å². The Balaban J connectivity index is 3.04. The molecule has 0 aliphatic rings. The summed E-state index contributed by atoms with van der Waals surface area (Å²) < 4.78 is 40.2. The van der Waals surface area contributed by atoms with Crippen molar-refractivity contribution < 1.29 is 28.0 Å². The molecular weight excluding hydrogens is 260 g/mol. The molecule has 1 rings (SSSR count). The molecule has 1 unspecified atom stereocenters. The minimum atomic E-state index is -4.76. The second kappa shape index (κ2) is 6.30. The third-order valence-corrected chi connectivity index (χ3v) is 2.89. The van der Waals surface area contributed by atoms with E-state index in [2.05, 4.69) is 4.74 Å². The van der Waals surface area contributed by atoms with Crippen molar-refractivity contribution in [1.82, 2.24) is 0 Å². The zero-order valence-corrected chi connectivity index (χ0v) is 10.7. The molecule has 106 valence electrons. The van der Waals surface area contributed by atoms with Crippen molar-refractivity contribution in [2.75, 3.05) is 0 Å². The van der Waals surface area contributed by atoms with Crippen LogP contribution in [0.2, 0.25) is 0 Å². The van der Waals surface area contributed by atoms with Crippen LogP contribution < -0.4 is 10.2 Å². The van der Waals surface area contributed by atoms with Crippen molar-refractivity contribution in [3.8, 4) is 5.75 Å². The van der Waals surface area contributed by atoms with Crippen LogP contribution in [0.5, 0.6) is 5.75 Å². The SMILES string of the molecule is CCC(C)Cc1cc(OC(F)(F)F)ccc1B(O)O. The Hall–Kier alpha value is -1.21. The lowest BCUT2D eigenvalue weighted by molar-refractivity contribution is -0.274. The van der Waals surface area contributed by atoms with Crippen molar-refractivity contribution in [3.63, 3.8) is 0 Å². The molecule has 0 bridgehead atoms. The lowest BCUT2D eigenvalue weighted by Gasteiger charge is -2.15. The average Bonchev–Trinajstić information content (AvgIpc) is 2.26. The number of rotatable bonds is 5. The van der Waals surface area contributed by atoms with Crippen molar-refractivity contribution in [1.29, 1.82) is 0 Å². The summed E-state index contributed by atoms with van der Waals surface area (Å²) in [5, 5.41) is 18.4. The maximum Gasteiger partial charge on any atom is 0.573 e. The first-order chi connectivity index (χ1) is 8.73. The van der Waals surface area contributed by atoms with Crippen LogP contribution in [0.3, 0.4) is 0 Å². The van der Waals surface area contributed by atoms with Crippen LogP contribution in [0, 0.1) is 5.92 Å². The van der Waals surface area contributed by atoms with Gasteiger partial charge in [-0.1, -0.05) is 26.3 Å². The van der Waals surface area contributed by atoms with E-state index in [0.717, 1.165) is 12.5 Å². The smallest absolute Gasteiger partial charge is 0.423 e. The fourth-order valence-corrected chi connectivity index (χ4v) is 1.73. The molecule has 7 heteroatoms. The summed E-state index contributed by atoms with van der Waals surface area (Å²) in [7, 11) is -1.71. The number of hydrogen-bond donors (Lipinski definition) is 2. The molecular formula is C12H16BF3O3. The van der Waals surface area contributed by atoms with Crippen molar-refractivity contribution >= 4 is 12.6 Å². The van der Waals surface area contributed by atoms with E-state index >= 15 is 0 Å². The Kier molecular flexibility index (Phi) is 5.25.